The summed E-state index contributed by atoms with van der Waals surface area (Å²) < 4.78 is -0.0327. The molecule has 0 aromatic heterocycles. The molecule has 1 amide bonds. The van der Waals surface area contributed by atoms with E-state index in [4.69, 9.17) is 11.6 Å². The number of halogens is 2. The Bertz CT molecular complexity index is 206. The topological polar surface area (TPSA) is 29.1 Å². The van der Waals surface area contributed by atoms with Crippen LogP contribution in [-0.4, -0.2) is 15.3 Å². The van der Waals surface area contributed by atoms with E-state index in [9.17, 15) is 4.79 Å². The highest BCUT2D eigenvalue weighted by Gasteiger charge is 2.36. The van der Waals surface area contributed by atoms with Crippen LogP contribution in [0.4, 0.5) is 0 Å². The number of alkyl halides is 2. The van der Waals surface area contributed by atoms with Gasteiger partial charge in [-0.05, 0) is 18.3 Å². The van der Waals surface area contributed by atoms with E-state index in [-0.39, 0.29) is 20.7 Å². The lowest BCUT2D eigenvalue weighted by Gasteiger charge is -2.33. The van der Waals surface area contributed by atoms with Crippen molar-refractivity contribution in [2.24, 2.45) is 5.41 Å². The summed E-state index contributed by atoms with van der Waals surface area (Å²) in [6.07, 6.45) is 2.67. The first-order valence-electron chi connectivity index (χ1n) is 4.51. The maximum atomic E-state index is 11.3. The number of rotatable bonds is 1. The minimum Gasteiger partial charge on any atom is -0.351 e. The zero-order valence-electron chi connectivity index (χ0n) is 7.94. The largest absolute Gasteiger partial charge is 0.351 e. The van der Waals surface area contributed by atoms with Crippen LogP contribution in [-0.2, 0) is 4.79 Å². The Balaban J connectivity index is 2.78. The molecule has 1 rings (SSSR count). The molecule has 1 heterocycles. The van der Waals surface area contributed by atoms with Gasteiger partial charge in [-0.15, -0.1) is 11.6 Å². The molecule has 1 aliphatic heterocycles. The first kappa shape index (κ1) is 11.6. The minimum atomic E-state index is -0.0327. The zero-order valence-corrected chi connectivity index (χ0v) is 10.9. The van der Waals surface area contributed by atoms with Crippen molar-refractivity contribution in [2.75, 3.05) is 0 Å². The molecule has 13 heavy (non-hydrogen) atoms. The molecule has 1 N–H and O–H groups in total. The third kappa shape index (κ3) is 2.98. The molecule has 76 valence electrons. The van der Waals surface area contributed by atoms with Crippen LogP contribution in [0.15, 0.2) is 0 Å². The second-order valence-corrected chi connectivity index (χ2v) is 6.77. The monoisotopic (exact) mass is 315 g/mol. The average Bonchev–Trinajstić information content (AvgIpc) is 2.10. The molecule has 0 aromatic carbocycles. The second kappa shape index (κ2) is 4.34. The average molecular weight is 316 g/mol. The van der Waals surface area contributed by atoms with Crippen LogP contribution in [0.1, 0.15) is 33.1 Å². The van der Waals surface area contributed by atoms with E-state index in [0.29, 0.717) is 6.42 Å². The smallest absolute Gasteiger partial charge is 0.220 e. The van der Waals surface area contributed by atoms with Crippen molar-refractivity contribution < 1.29 is 4.79 Å². The highest BCUT2D eigenvalue weighted by Crippen LogP contribution is 2.35. The minimum absolute atomic E-state index is 0.0327. The fourth-order valence-corrected chi connectivity index (χ4v) is 3.26. The fourth-order valence-electron chi connectivity index (χ4n) is 1.71. The van der Waals surface area contributed by atoms with E-state index in [1.54, 1.807) is 0 Å². The van der Waals surface area contributed by atoms with Gasteiger partial charge in [0.15, 0.2) is 0 Å². The van der Waals surface area contributed by atoms with Gasteiger partial charge in [0.2, 0.25) is 5.91 Å². The molecule has 2 unspecified atom stereocenters. The normalized spacial score (nSPS) is 30.5. The number of nitrogens with one attached hydrogen (secondary N) is 1. The molecular formula is C9H15ClINO. The summed E-state index contributed by atoms with van der Waals surface area (Å²) in [5.74, 6) is 0.137. The first-order valence-corrected chi connectivity index (χ1v) is 6.19. The Kier molecular flexibility index (Phi) is 3.86. The van der Waals surface area contributed by atoms with E-state index in [1.807, 2.05) is 0 Å². The van der Waals surface area contributed by atoms with Crippen molar-refractivity contribution in [2.45, 2.75) is 42.5 Å². The van der Waals surface area contributed by atoms with E-state index >= 15 is 0 Å². The van der Waals surface area contributed by atoms with Gasteiger partial charge in [0.1, 0.15) is 3.38 Å². The lowest BCUT2D eigenvalue weighted by Crippen LogP contribution is -2.46. The molecule has 1 saturated heterocycles. The van der Waals surface area contributed by atoms with Crippen LogP contribution < -0.4 is 5.32 Å². The van der Waals surface area contributed by atoms with Crippen molar-refractivity contribution in [3.8, 4) is 0 Å². The van der Waals surface area contributed by atoms with Crippen LogP contribution >= 0.6 is 34.2 Å². The van der Waals surface area contributed by atoms with Crippen LogP contribution in [0.25, 0.3) is 0 Å². The van der Waals surface area contributed by atoms with E-state index < -0.39 is 0 Å². The molecule has 0 saturated carbocycles. The lowest BCUT2D eigenvalue weighted by molar-refractivity contribution is -0.121. The van der Waals surface area contributed by atoms with Gasteiger partial charge in [-0.2, -0.15) is 0 Å². The second-order valence-electron chi connectivity index (χ2n) is 4.22. The highest BCUT2D eigenvalue weighted by molar-refractivity contribution is 14.1. The van der Waals surface area contributed by atoms with Crippen LogP contribution in [0.2, 0.25) is 0 Å². The molecule has 0 aliphatic carbocycles. The van der Waals surface area contributed by atoms with Gasteiger partial charge in [-0.3, -0.25) is 4.79 Å². The van der Waals surface area contributed by atoms with Crippen molar-refractivity contribution >= 4 is 40.1 Å². The van der Waals surface area contributed by atoms with Gasteiger partial charge in [-0.25, -0.2) is 0 Å². The lowest BCUT2D eigenvalue weighted by atomic mass is 9.82. The van der Waals surface area contributed by atoms with E-state index in [2.05, 4.69) is 41.8 Å². The molecule has 0 bridgehead atoms. The SMILES string of the molecule is CC1(C)CCCC(=O)NC1C(Cl)I. The van der Waals surface area contributed by atoms with Crippen molar-refractivity contribution in [3.05, 3.63) is 0 Å². The maximum absolute atomic E-state index is 11.3. The Morgan fingerprint density at radius 1 is 1.69 bits per heavy atom. The van der Waals surface area contributed by atoms with Crippen LogP contribution in [0, 0.1) is 5.41 Å². The molecule has 2 atom stereocenters. The van der Waals surface area contributed by atoms with Gasteiger partial charge >= 0.3 is 0 Å². The van der Waals surface area contributed by atoms with Gasteiger partial charge in [-0.1, -0.05) is 36.4 Å². The Morgan fingerprint density at radius 2 is 2.31 bits per heavy atom. The number of amides is 1. The molecule has 1 fully saturated rings. The maximum Gasteiger partial charge on any atom is 0.220 e. The third-order valence-corrected chi connectivity index (χ3v) is 3.61. The Hall–Kier alpha value is 0.490. The number of carbonyl (C=O) groups is 1. The van der Waals surface area contributed by atoms with E-state index in [0.717, 1.165) is 12.8 Å². The van der Waals surface area contributed by atoms with Gasteiger partial charge in [0, 0.05) is 6.42 Å². The zero-order chi connectivity index (χ0) is 10.1. The molecule has 0 aromatic rings. The molecule has 0 spiro atoms. The van der Waals surface area contributed by atoms with E-state index in [1.165, 1.54) is 0 Å². The van der Waals surface area contributed by atoms with Crippen LogP contribution in [0.3, 0.4) is 0 Å². The Morgan fingerprint density at radius 3 is 2.85 bits per heavy atom. The molecule has 4 heteroatoms. The third-order valence-electron chi connectivity index (χ3n) is 2.64. The number of hydrogen-bond donors (Lipinski definition) is 1. The summed E-state index contributed by atoms with van der Waals surface area (Å²) in [4.78, 5) is 11.3. The molecule has 0 radical (unpaired) electrons. The molecule has 2 nitrogen and oxygen atoms in total. The predicted octanol–water partition coefficient (Wildman–Crippen LogP) is 2.68. The summed E-state index contributed by atoms with van der Waals surface area (Å²) in [6, 6.07) is 0.0877. The van der Waals surface area contributed by atoms with Gasteiger partial charge < -0.3 is 5.32 Å². The summed E-state index contributed by atoms with van der Waals surface area (Å²) in [5.41, 5.74) is 0.111. The molecular weight excluding hydrogens is 300 g/mol. The Labute approximate surface area is 97.9 Å². The van der Waals surface area contributed by atoms with Crippen LogP contribution in [0.5, 0.6) is 0 Å². The highest BCUT2D eigenvalue weighted by atomic mass is 127. The summed E-state index contributed by atoms with van der Waals surface area (Å²) in [6.45, 7) is 4.33. The summed E-state index contributed by atoms with van der Waals surface area (Å²) in [5, 5.41) is 2.99. The van der Waals surface area contributed by atoms with Gasteiger partial charge in [0.25, 0.3) is 0 Å². The molecule has 1 aliphatic rings. The standard InChI is InChI=1S/C9H15ClINO/c1-9(2)5-3-4-6(13)12-7(9)8(10)11/h7-8H,3-5H2,1-2H3,(H,12,13). The van der Waals surface area contributed by atoms with Crippen molar-refractivity contribution in [1.82, 2.24) is 5.32 Å². The van der Waals surface area contributed by atoms with Crippen molar-refractivity contribution in [1.29, 1.82) is 0 Å². The fraction of sp³-hybridized carbons (Fsp3) is 0.889. The van der Waals surface area contributed by atoms with Crippen molar-refractivity contribution in [3.63, 3.8) is 0 Å². The summed E-state index contributed by atoms with van der Waals surface area (Å²) in [7, 11) is 0. The predicted molar refractivity (Wildman–Crippen MR) is 63.2 cm³/mol. The number of hydrogen-bond acceptors (Lipinski definition) is 1. The quantitative estimate of drug-likeness (QED) is 0.585. The summed E-state index contributed by atoms with van der Waals surface area (Å²) >= 11 is 8.22. The first-order chi connectivity index (χ1) is 5.93. The number of carbonyl (C=O) groups excluding carboxylic acids is 1. The van der Waals surface area contributed by atoms with Gasteiger partial charge in [0.05, 0.1) is 6.04 Å².